The van der Waals surface area contributed by atoms with Crippen molar-refractivity contribution in [2.24, 2.45) is 0 Å². The van der Waals surface area contributed by atoms with Gasteiger partial charge in [-0.25, -0.2) is 0 Å². The largest absolute Gasteiger partial charge is 0.507 e. The zero-order chi connectivity index (χ0) is 19.8. The Bertz CT molecular complexity index is 812. The van der Waals surface area contributed by atoms with E-state index in [0.29, 0.717) is 37.2 Å². The average molecular weight is 372 g/mol. The number of carbonyl (C=O) groups is 2. The van der Waals surface area contributed by atoms with Gasteiger partial charge in [-0.15, -0.1) is 0 Å². The van der Waals surface area contributed by atoms with Crippen LogP contribution in [0.15, 0.2) is 36.4 Å². The molecule has 0 spiro atoms. The van der Waals surface area contributed by atoms with Gasteiger partial charge in [-0.3, -0.25) is 9.59 Å². The van der Waals surface area contributed by atoms with Crippen LogP contribution in [0.3, 0.4) is 0 Å². The van der Waals surface area contributed by atoms with Crippen LogP contribution in [0, 0.1) is 0 Å². The van der Waals surface area contributed by atoms with E-state index in [1.54, 1.807) is 18.2 Å². The number of ketones is 1. The van der Waals surface area contributed by atoms with E-state index in [9.17, 15) is 19.8 Å². The van der Waals surface area contributed by atoms with Gasteiger partial charge >= 0.3 is 5.97 Å². The van der Waals surface area contributed by atoms with E-state index < -0.39 is 11.8 Å². The van der Waals surface area contributed by atoms with E-state index in [1.165, 1.54) is 18.2 Å². The minimum atomic E-state index is -0.841. The van der Waals surface area contributed by atoms with Gasteiger partial charge in [-0.05, 0) is 43.5 Å². The van der Waals surface area contributed by atoms with Crippen LogP contribution in [0.25, 0.3) is 0 Å². The molecule has 0 saturated carbocycles. The third-order valence-corrected chi connectivity index (χ3v) is 4.18. The number of benzene rings is 2. The Balaban J connectivity index is 2.21. The zero-order valence-corrected chi connectivity index (χ0v) is 15.3. The summed E-state index contributed by atoms with van der Waals surface area (Å²) in [6, 6.07) is 9.31. The molecule has 0 bridgehead atoms. The summed E-state index contributed by atoms with van der Waals surface area (Å²) in [7, 11) is 0. The third kappa shape index (κ3) is 5.23. The van der Waals surface area contributed by atoms with Crippen LogP contribution >= 0.6 is 0 Å². The van der Waals surface area contributed by atoms with E-state index in [2.05, 4.69) is 0 Å². The second kappa shape index (κ2) is 9.62. The maximum atomic E-state index is 12.7. The third-order valence-electron chi connectivity index (χ3n) is 4.18. The Hall–Kier alpha value is -3.02. The number of hydrogen-bond donors (Lipinski definition) is 3. The van der Waals surface area contributed by atoms with Crippen molar-refractivity contribution in [3.63, 3.8) is 0 Å². The van der Waals surface area contributed by atoms with Gasteiger partial charge in [-0.1, -0.05) is 25.5 Å². The van der Waals surface area contributed by atoms with Gasteiger partial charge in [0, 0.05) is 12.0 Å². The lowest BCUT2D eigenvalue weighted by atomic mass is 9.97. The normalized spacial score (nSPS) is 10.6. The number of carbonyl (C=O) groups excluding carboxylic acids is 1. The summed E-state index contributed by atoms with van der Waals surface area (Å²) in [6.45, 7) is 2.28. The lowest BCUT2D eigenvalue weighted by Gasteiger charge is -2.15. The smallest absolute Gasteiger partial charge is 0.303 e. The molecule has 27 heavy (non-hydrogen) atoms. The van der Waals surface area contributed by atoms with Crippen LogP contribution in [0.2, 0.25) is 0 Å². The summed E-state index contributed by atoms with van der Waals surface area (Å²) in [4.78, 5) is 23.2. The zero-order valence-electron chi connectivity index (χ0n) is 15.3. The van der Waals surface area contributed by atoms with E-state index in [4.69, 9.17) is 9.84 Å². The molecular formula is C21H24O6. The number of aromatic hydroxyl groups is 2. The van der Waals surface area contributed by atoms with Gasteiger partial charge in [-0.2, -0.15) is 0 Å². The van der Waals surface area contributed by atoms with Crippen molar-refractivity contribution in [2.45, 2.75) is 39.0 Å². The van der Waals surface area contributed by atoms with E-state index >= 15 is 0 Å². The SMILES string of the molecule is CCCc1c(OCCCCC(=O)O)ccc(C(=O)c2ccccc2O)c1O. The molecule has 0 radical (unpaired) electrons. The van der Waals surface area contributed by atoms with Crippen LogP contribution in [0.1, 0.15) is 54.1 Å². The van der Waals surface area contributed by atoms with Gasteiger partial charge in [0.25, 0.3) is 0 Å². The molecule has 2 rings (SSSR count). The molecule has 144 valence electrons. The molecule has 0 amide bonds. The number of hydrogen-bond acceptors (Lipinski definition) is 5. The number of carboxylic acids is 1. The highest BCUT2D eigenvalue weighted by atomic mass is 16.5. The average Bonchev–Trinajstić information content (AvgIpc) is 2.64. The first-order valence-corrected chi connectivity index (χ1v) is 8.97. The number of para-hydroxylation sites is 1. The molecule has 2 aromatic carbocycles. The predicted molar refractivity (Wildman–Crippen MR) is 101 cm³/mol. The second-order valence-electron chi connectivity index (χ2n) is 6.23. The number of carboxylic acid groups (broad SMARTS) is 1. The number of phenols is 2. The Morgan fingerprint density at radius 2 is 1.74 bits per heavy atom. The standard InChI is InChI=1S/C21H24O6/c1-2-7-15-18(27-13-6-5-10-19(23)24)12-11-16(21(15)26)20(25)14-8-3-4-9-17(14)22/h3-4,8-9,11-12,22,26H,2,5-7,10,13H2,1H3,(H,23,24). The second-order valence-corrected chi connectivity index (χ2v) is 6.23. The van der Waals surface area contributed by atoms with Gasteiger partial charge in [0.2, 0.25) is 0 Å². The fourth-order valence-electron chi connectivity index (χ4n) is 2.80. The Morgan fingerprint density at radius 3 is 2.41 bits per heavy atom. The van der Waals surface area contributed by atoms with Gasteiger partial charge in [0.15, 0.2) is 5.78 Å². The van der Waals surface area contributed by atoms with Crippen molar-refractivity contribution in [3.8, 4) is 17.2 Å². The summed E-state index contributed by atoms with van der Waals surface area (Å²) in [6.07, 6.45) is 2.45. The topological polar surface area (TPSA) is 104 Å². The minimum Gasteiger partial charge on any atom is -0.507 e. The lowest BCUT2D eigenvalue weighted by Crippen LogP contribution is -2.06. The Kier molecular flexibility index (Phi) is 7.23. The first-order valence-electron chi connectivity index (χ1n) is 8.97. The van der Waals surface area contributed by atoms with Gasteiger partial charge in [0.05, 0.1) is 17.7 Å². The molecule has 0 aromatic heterocycles. The maximum Gasteiger partial charge on any atom is 0.303 e. The van der Waals surface area contributed by atoms with E-state index in [1.807, 2.05) is 6.92 Å². The fourth-order valence-corrected chi connectivity index (χ4v) is 2.80. The van der Waals surface area contributed by atoms with Crippen molar-refractivity contribution in [3.05, 3.63) is 53.1 Å². The summed E-state index contributed by atoms with van der Waals surface area (Å²) in [5, 5.41) is 29.2. The first-order chi connectivity index (χ1) is 13.0. The molecule has 2 aromatic rings. The maximum absolute atomic E-state index is 12.7. The van der Waals surface area contributed by atoms with E-state index in [-0.39, 0.29) is 29.0 Å². The molecule has 0 aliphatic rings. The lowest BCUT2D eigenvalue weighted by molar-refractivity contribution is -0.137. The van der Waals surface area contributed by atoms with Crippen molar-refractivity contribution in [2.75, 3.05) is 6.61 Å². The van der Waals surface area contributed by atoms with Crippen LogP contribution in [0.4, 0.5) is 0 Å². The molecule has 0 atom stereocenters. The first kappa shape index (κ1) is 20.3. The summed E-state index contributed by atoms with van der Waals surface area (Å²) in [5.74, 6) is -1.10. The van der Waals surface area contributed by atoms with Gasteiger partial charge < -0.3 is 20.1 Å². The number of rotatable bonds is 10. The molecule has 0 fully saturated rings. The molecule has 0 saturated heterocycles. The van der Waals surface area contributed by atoms with Crippen LogP contribution < -0.4 is 4.74 Å². The predicted octanol–water partition coefficient (Wildman–Crippen LogP) is 3.92. The molecular weight excluding hydrogens is 348 g/mol. The van der Waals surface area contributed by atoms with Crippen molar-refractivity contribution >= 4 is 11.8 Å². The number of phenolic OH excluding ortho intramolecular Hbond substituents is 2. The highest BCUT2D eigenvalue weighted by molar-refractivity contribution is 6.12. The number of aliphatic carboxylic acids is 1. The van der Waals surface area contributed by atoms with Crippen LogP contribution in [0.5, 0.6) is 17.2 Å². The molecule has 0 unspecified atom stereocenters. The number of ether oxygens (including phenoxy) is 1. The van der Waals surface area contributed by atoms with Crippen molar-refractivity contribution in [1.82, 2.24) is 0 Å². The molecule has 0 heterocycles. The fraction of sp³-hybridized carbons (Fsp3) is 0.333. The van der Waals surface area contributed by atoms with Gasteiger partial charge in [0.1, 0.15) is 17.2 Å². The highest BCUT2D eigenvalue weighted by Crippen LogP contribution is 2.35. The van der Waals surface area contributed by atoms with Crippen molar-refractivity contribution < 1.29 is 29.6 Å². The minimum absolute atomic E-state index is 0.0877. The molecule has 6 nitrogen and oxygen atoms in total. The van der Waals surface area contributed by atoms with Crippen LogP contribution in [-0.2, 0) is 11.2 Å². The monoisotopic (exact) mass is 372 g/mol. The van der Waals surface area contributed by atoms with Crippen molar-refractivity contribution in [1.29, 1.82) is 0 Å². The molecule has 3 N–H and O–H groups in total. The summed E-state index contributed by atoms with van der Waals surface area (Å²) in [5.41, 5.74) is 0.771. The molecule has 0 aliphatic heterocycles. The Morgan fingerprint density at radius 1 is 1.00 bits per heavy atom. The summed E-state index contributed by atoms with van der Waals surface area (Å²) >= 11 is 0. The quantitative estimate of drug-likeness (QED) is 0.431. The summed E-state index contributed by atoms with van der Waals surface area (Å²) < 4.78 is 5.70. The Labute approximate surface area is 158 Å². The molecule has 6 heteroatoms. The van der Waals surface area contributed by atoms with E-state index in [0.717, 1.165) is 6.42 Å². The molecule has 0 aliphatic carbocycles. The highest BCUT2D eigenvalue weighted by Gasteiger charge is 2.21. The van der Waals surface area contributed by atoms with Crippen LogP contribution in [-0.4, -0.2) is 33.7 Å². The number of unbranched alkanes of at least 4 members (excludes halogenated alkanes) is 1.